The molecule has 1 amide bonds. The maximum absolute atomic E-state index is 11.5. The SMILES string of the molecule is C=C(C)C(=O)NCCCN(CC1CCCO1)CC1CCCO1. The Balaban J connectivity index is 1.70. The molecule has 0 spiro atoms. The summed E-state index contributed by atoms with van der Waals surface area (Å²) in [5.41, 5.74) is 0.565. The molecule has 2 heterocycles. The van der Waals surface area contributed by atoms with Crippen molar-refractivity contribution < 1.29 is 14.3 Å². The molecule has 0 aliphatic carbocycles. The van der Waals surface area contributed by atoms with E-state index in [1.165, 1.54) is 12.8 Å². The lowest BCUT2D eigenvalue weighted by Crippen LogP contribution is -2.39. The minimum Gasteiger partial charge on any atom is -0.377 e. The van der Waals surface area contributed by atoms with Gasteiger partial charge in [-0.2, -0.15) is 0 Å². The zero-order valence-electron chi connectivity index (χ0n) is 13.8. The second kappa shape index (κ2) is 9.28. The van der Waals surface area contributed by atoms with Crippen molar-refractivity contribution in [1.82, 2.24) is 10.2 Å². The molecule has 1 N–H and O–H groups in total. The molecule has 2 rings (SSSR count). The summed E-state index contributed by atoms with van der Waals surface area (Å²) in [4.78, 5) is 13.9. The summed E-state index contributed by atoms with van der Waals surface area (Å²) in [5, 5.41) is 2.90. The summed E-state index contributed by atoms with van der Waals surface area (Å²) < 4.78 is 11.5. The molecule has 5 heteroatoms. The second-order valence-electron chi connectivity index (χ2n) is 6.42. The Morgan fingerprint density at radius 1 is 1.18 bits per heavy atom. The number of amides is 1. The van der Waals surface area contributed by atoms with Crippen LogP contribution in [0, 0.1) is 0 Å². The maximum Gasteiger partial charge on any atom is 0.246 e. The van der Waals surface area contributed by atoms with E-state index in [4.69, 9.17) is 9.47 Å². The molecule has 22 heavy (non-hydrogen) atoms. The van der Waals surface area contributed by atoms with E-state index in [9.17, 15) is 4.79 Å². The molecular formula is C17H30N2O3. The molecule has 2 atom stereocenters. The Hall–Kier alpha value is -0.910. The first-order valence-electron chi connectivity index (χ1n) is 8.54. The van der Waals surface area contributed by atoms with Crippen LogP contribution in [-0.2, 0) is 14.3 Å². The van der Waals surface area contributed by atoms with E-state index in [-0.39, 0.29) is 5.91 Å². The van der Waals surface area contributed by atoms with Crippen molar-refractivity contribution >= 4 is 5.91 Å². The Morgan fingerprint density at radius 2 is 1.77 bits per heavy atom. The minimum atomic E-state index is -0.0511. The first kappa shape index (κ1) is 17.4. The maximum atomic E-state index is 11.5. The van der Waals surface area contributed by atoms with Crippen LogP contribution < -0.4 is 5.32 Å². The van der Waals surface area contributed by atoms with Crippen LogP contribution in [-0.4, -0.2) is 62.4 Å². The third kappa shape index (κ3) is 6.07. The highest BCUT2D eigenvalue weighted by Crippen LogP contribution is 2.17. The average Bonchev–Trinajstić information content (AvgIpc) is 3.16. The smallest absolute Gasteiger partial charge is 0.246 e. The fourth-order valence-corrected chi connectivity index (χ4v) is 3.07. The summed E-state index contributed by atoms with van der Waals surface area (Å²) in [6.07, 6.45) is 6.35. The first-order chi connectivity index (χ1) is 10.6. The van der Waals surface area contributed by atoms with Crippen LogP contribution in [0.5, 0.6) is 0 Å². The second-order valence-corrected chi connectivity index (χ2v) is 6.42. The van der Waals surface area contributed by atoms with E-state index in [1.807, 2.05) is 0 Å². The van der Waals surface area contributed by atoms with E-state index >= 15 is 0 Å². The normalized spacial score (nSPS) is 24.8. The largest absolute Gasteiger partial charge is 0.377 e. The molecule has 0 aromatic carbocycles. The summed E-state index contributed by atoms with van der Waals surface area (Å²) in [7, 11) is 0. The van der Waals surface area contributed by atoms with Crippen LogP contribution in [0.3, 0.4) is 0 Å². The van der Waals surface area contributed by atoms with Crippen molar-refractivity contribution in [3.8, 4) is 0 Å². The zero-order chi connectivity index (χ0) is 15.8. The molecule has 2 fully saturated rings. The van der Waals surface area contributed by atoms with Gasteiger partial charge in [-0.3, -0.25) is 9.69 Å². The third-order valence-electron chi connectivity index (χ3n) is 4.30. The van der Waals surface area contributed by atoms with Gasteiger partial charge in [-0.15, -0.1) is 0 Å². The zero-order valence-corrected chi connectivity index (χ0v) is 13.8. The Labute approximate surface area is 134 Å². The number of rotatable bonds is 9. The van der Waals surface area contributed by atoms with Crippen LogP contribution in [0.25, 0.3) is 0 Å². The van der Waals surface area contributed by atoms with Crippen molar-refractivity contribution in [2.24, 2.45) is 0 Å². The Morgan fingerprint density at radius 3 is 2.23 bits per heavy atom. The lowest BCUT2D eigenvalue weighted by molar-refractivity contribution is -0.117. The first-order valence-corrected chi connectivity index (χ1v) is 8.54. The fraction of sp³-hybridized carbons (Fsp3) is 0.824. The summed E-state index contributed by atoms with van der Waals surface area (Å²) in [6, 6.07) is 0. The van der Waals surface area contributed by atoms with Crippen LogP contribution in [0.2, 0.25) is 0 Å². The van der Waals surface area contributed by atoms with Gasteiger partial charge >= 0.3 is 0 Å². The van der Waals surface area contributed by atoms with Gasteiger partial charge in [0.05, 0.1) is 12.2 Å². The van der Waals surface area contributed by atoms with Crippen molar-refractivity contribution in [1.29, 1.82) is 0 Å². The van der Waals surface area contributed by atoms with E-state index in [0.717, 1.165) is 52.1 Å². The molecule has 0 radical (unpaired) electrons. The van der Waals surface area contributed by atoms with Crippen LogP contribution >= 0.6 is 0 Å². The van der Waals surface area contributed by atoms with Gasteiger partial charge in [-0.25, -0.2) is 0 Å². The quantitative estimate of drug-likeness (QED) is 0.520. The van der Waals surface area contributed by atoms with Crippen molar-refractivity contribution in [3.05, 3.63) is 12.2 Å². The third-order valence-corrected chi connectivity index (χ3v) is 4.30. The molecule has 0 bridgehead atoms. The molecule has 5 nitrogen and oxygen atoms in total. The number of carbonyl (C=O) groups is 1. The van der Waals surface area contributed by atoms with Crippen molar-refractivity contribution in [2.45, 2.75) is 51.2 Å². The molecular weight excluding hydrogens is 280 g/mol. The van der Waals surface area contributed by atoms with E-state index in [0.29, 0.717) is 24.3 Å². The van der Waals surface area contributed by atoms with E-state index < -0.39 is 0 Å². The number of hydrogen-bond donors (Lipinski definition) is 1. The number of carbonyl (C=O) groups excluding carboxylic acids is 1. The highest BCUT2D eigenvalue weighted by atomic mass is 16.5. The number of hydrogen-bond acceptors (Lipinski definition) is 4. The monoisotopic (exact) mass is 310 g/mol. The molecule has 0 aromatic heterocycles. The standard InChI is InChI=1S/C17H30N2O3/c1-14(2)17(20)18-8-5-9-19(12-15-6-3-10-21-15)13-16-7-4-11-22-16/h15-16H,1,3-13H2,2H3,(H,18,20). The molecule has 0 saturated carbocycles. The van der Waals surface area contributed by atoms with E-state index in [1.54, 1.807) is 6.92 Å². The number of nitrogens with zero attached hydrogens (tertiary/aromatic N) is 1. The van der Waals surface area contributed by atoms with Crippen LogP contribution in [0.15, 0.2) is 12.2 Å². The summed E-state index contributed by atoms with van der Waals surface area (Å²) in [6.45, 7) is 10.8. The molecule has 2 unspecified atom stereocenters. The average molecular weight is 310 g/mol. The minimum absolute atomic E-state index is 0.0511. The highest BCUT2D eigenvalue weighted by molar-refractivity contribution is 5.91. The lowest BCUT2D eigenvalue weighted by atomic mass is 10.2. The topological polar surface area (TPSA) is 50.8 Å². The van der Waals surface area contributed by atoms with Gasteiger partial charge in [0.25, 0.3) is 0 Å². The summed E-state index contributed by atoms with van der Waals surface area (Å²) >= 11 is 0. The Bertz CT molecular complexity index is 343. The van der Waals surface area contributed by atoms with Crippen molar-refractivity contribution in [3.63, 3.8) is 0 Å². The molecule has 0 aromatic rings. The van der Waals surface area contributed by atoms with Gasteiger partial charge in [-0.1, -0.05) is 6.58 Å². The van der Waals surface area contributed by atoms with E-state index in [2.05, 4.69) is 16.8 Å². The molecule has 2 aliphatic rings. The fourth-order valence-electron chi connectivity index (χ4n) is 3.07. The summed E-state index contributed by atoms with van der Waals surface area (Å²) in [5.74, 6) is -0.0511. The number of ether oxygens (including phenoxy) is 2. The van der Waals surface area contributed by atoms with Crippen LogP contribution in [0.1, 0.15) is 39.0 Å². The van der Waals surface area contributed by atoms with Gasteiger partial charge in [0.15, 0.2) is 0 Å². The lowest BCUT2D eigenvalue weighted by Gasteiger charge is -2.27. The van der Waals surface area contributed by atoms with Crippen LogP contribution in [0.4, 0.5) is 0 Å². The predicted octanol–water partition coefficient (Wildman–Crippen LogP) is 1.73. The van der Waals surface area contributed by atoms with Gasteiger partial charge in [0.1, 0.15) is 0 Å². The predicted molar refractivity (Wildman–Crippen MR) is 86.8 cm³/mol. The molecule has 126 valence electrons. The molecule has 2 saturated heterocycles. The Kier molecular flexibility index (Phi) is 7.36. The number of nitrogens with one attached hydrogen (secondary N) is 1. The van der Waals surface area contributed by atoms with Gasteiger partial charge in [-0.05, 0) is 39.0 Å². The van der Waals surface area contributed by atoms with Gasteiger partial charge < -0.3 is 14.8 Å². The molecule has 2 aliphatic heterocycles. The highest BCUT2D eigenvalue weighted by Gasteiger charge is 2.23. The van der Waals surface area contributed by atoms with Crippen molar-refractivity contribution in [2.75, 3.05) is 39.4 Å². The van der Waals surface area contributed by atoms with Gasteiger partial charge in [0, 0.05) is 45.0 Å². The van der Waals surface area contributed by atoms with Gasteiger partial charge in [0.2, 0.25) is 5.91 Å².